The molecule has 0 spiro atoms. The Morgan fingerprint density at radius 2 is 1.27 bits per heavy atom. The third-order valence-corrected chi connectivity index (χ3v) is 8.37. The summed E-state index contributed by atoms with van der Waals surface area (Å²) in [6.07, 6.45) is 1.49. The lowest BCUT2D eigenvalue weighted by molar-refractivity contribution is -0.116. The van der Waals surface area contributed by atoms with E-state index in [1.165, 1.54) is 17.8 Å². The van der Waals surface area contributed by atoms with E-state index >= 15 is 0 Å². The number of para-hydroxylation sites is 1. The summed E-state index contributed by atoms with van der Waals surface area (Å²) in [6.45, 7) is 0. The Balaban J connectivity index is 1.34. The summed E-state index contributed by atoms with van der Waals surface area (Å²) in [4.78, 5) is 40.6. The van der Waals surface area contributed by atoms with Gasteiger partial charge in [0.25, 0.3) is 11.8 Å². The minimum Gasteiger partial charge on any atom is -0.325 e. The van der Waals surface area contributed by atoms with Crippen molar-refractivity contribution in [3.05, 3.63) is 166 Å². The lowest BCUT2D eigenvalue weighted by Crippen LogP contribution is -2.30. The van der Waals surface area contributed by atoms with Crippen LogP contribution in [-0.4, -0.2) is 17.7 Å². The third-order valence-electron chi connectivity index (χ3n) is 6.54. The van der Waals surface area contributed by atoms with Crippen LogP contribution < -0.4 is 16.0 Å². The molecule has 0 saturated carbocycles. The van der Waals surface area contributed by atoms with Crippen LogP contribution in [0, 0.1) is 0 Å². The molecule has 5 aromatic rings. The number of halogens is 2. The molecule has 224 valence electrons. The fraction of sp³-hybridized carbons (Fsp3) is 0.0278. The minimum atomic E-state index is -0.546. The maximum absolute atomic E-state index is 13.5. The zero-order valence-electron chi connectivity index (χ0n) is 23.7. The molecule has 0 bridgehead atoms. The molecule has 0 aliphatic rings. The number of nitrogens with one attached hydrogen (secondary N) is 3. The van der Waals surface area contributed by atoms with Gasteiger partial charge in [0, 0.05) is 31.9 Å². The van der Waals surface area contributed by atoms with Crippen LogP contribution >= 0.6 is 35.0 Å². The second-order valence-corrected chi connectivity index (χ2v) is 11.8. The van der Waals surface area contributed by atoms with Crippen molar-refractivity contribution in [1.82, 2.24) is 5.32 Å². The smallest absolute Gasteiger partial charge is 0.272 e. The van der Waals surface area contributed by atoms with Gasteiger partial charge >= 0.3 is 0 Å². The van der Waals surface area contributed by atoms with E-state index in [-0.39, 0.29) is 11.6 Å². The first-order valence-corrected chi connectivity index (χ1v) is 15.5. The molecule has 6 nitrogen and oxygen atoms in total. The van der Waals surface area contributed by atoms with Gasteiger partial charge in [0.2, 0.25) is 5.91 Å². The number of benzene rings is 5. The molecular weight excluding hydrogens is 625 g/mol. The second kappa shape index (κ2) is 15.3. The number of anilines is 2. The first-order valence-electron chi connectivity index (χ1n) is 13.9. The van der Waals surface area contributed by atoms with Crippen LogP contribution in [0.25, 0.3) is 6.08 Å². The van der Waals surface area contributed by atoms with Gasteiger partial charge in [-0.05, 0) is 77.9 Å². The lowest BCUT2D eigenvalue weighted by atomic mass is 10.1. The number of carbonyl (C=O) groups is 3. The average molecular weight is 653 g/mol. The molecule has 0 fully saturated rings. The molecule has 5 rings (SSSR count). The van der Waals surface area contributed by atoms with Crippen LogP contribution in [0.15, 0.2) is 144 Å². The molecule has 5 aromatic carbocycles. The van der Waals surface area contributed by atoms with Crippen molar-refractivity contribution in [3.63, 3.8) is 0 Å². The monoisotopic (exact) mass is 651 g/mol. The van der Waals surface area contributed by atoms with Crippen molar-refractivity contribution in [2.45, 2.75) is 10.1 Å². The summed E-state index contributed by atoms with van der Waals surface area (Å²) >= 11 is 13.8. The van der Waals surface area contributed by atoms with Crippen LogP contribution in [0.1, 0.15) is 26.7 Å². The highest BCUT2D eigenvalue weighted by Crippen LogP contribution is 2.37. The van der Waals surface area contributed by atoms with Crippen molar-refractivity contribution in [3.8, 4) is 0 Å². The number of rotatable bonds is 10. The molecule has 0 aliphatic heterocycles. The fourth-order valence-electron chi connectivity index (χ4n) is 4.30. The lowest BCUT2D eigenvalue weighted by Gasteiger charge is -2.17. The average Bonchev–Trinajstić information content (AvgIpc) is 3.06. The predicted molar refractivity (Wildman–Crippen MR) is 184 cm³/mol. The van der Waals surface area contributed by atoms with Gasteiger partial charge < -0.3 is 16.0 Å². The maximum Gasteiger partial charge on any atom is 0.272 e. The first kappa shape index (κ1) is 31.6. The standard InChI is InChI=1S/C36H27Cl2N3O3S/c37-27-17-16-26(31(38)23-27)22-32(41-34(42)25-12-6-2-7-13-25)35(43)39-29-18-20-30(21-19-29)45-33(24-10-4-1-5-11-24)36(44)40-28-14-8-3-9-15-28/h1-23,33H,(H,39,43)(H,40,44)(H,41,42)/b32-22-. The third kappa shape index (κ3) is 8.86. The number of amides is 3. The summed E-state index contributed by atoms with van der Waals surface area (Å²) in [5, 5.41) is 8.79. The molecule has 0 radical (unpaired) electrons. The van der Waals surface area contributed by atoms with Gasteiger partial charge in [0.15, 0.2) is 0 Å². The first-order chi connectivity index (χ1) is 21.9. The number of carbonyl (C=O) groups excluding carboxylic acids is 3. The van der Waals surface area contributed by atoms with Gasteiger partial charge in [0.05, 0.1) is 0 Å². The Labute approximate surface area is 275 Å². The Morgan fingerprint density at radius 3 is 1.91 bits per heavy atom. The van der Waals surface area contributed by atoms with Crippen LogP contribution in [0.5, 0.6) is 0 Å². The van der Waals surface area contributed by atoms with Crippen molar-refractivity contribution in [2.24, 2.45) is 0 Å². The number of thioether (sulfide) groups is 1. The zero-order chi connectivity index (χ0) is 31.6. The molecule has 1 atom stereocenters. The van der Waals surface area contributed by atoms with Crippen molar-refractivity contribution in [2.75, 3.05) is 10.6 Å². The Morgan fingerprint density at radius 1 is 0.667 bits per heavy atom. The Bertz CT molecular complexity index is 1820. The van der Waals surface area contributed by atoms with E-state index in [0.29, 0.717) is 32.5 Å². The minimum absolute atomic E-state index is 0.00625. The SMILES string of the molecule is O=C(Nc1ccc(SC(C(=O)Nc2ccccc2)c2ccccc2)cc1)/C(=C/c1ccc(Cl)cc1Cl)NC(=O)c1ccccc1. The van der Waals surface area contributed by atoms with E-state index in [1.807, 2.05) is 72.8 Å². The quantitative estimate of drug-likeness (QED) is 0.104. The molecule has 1 unspecified atom stereocenters. The number of hydrogen-bond donors (Lipinski definition) is 3. The van der Waals surface area contributed by atoms with E-state index in [0.717, 1.165) is 10.5 Å². The summed E-state index contributed by atoms with van der Waals surface area (Å²) in [7, 11) is 0. The summed E-state index contributed by atoms with van der Waals surface area (Å²) in [6, 6.07) is 39.4. The second-order valence-electron chi connectivity index (χ2n) is 9.79. The van der Waals surface area contributed by atoms with E-state index in [9.17, 15) is 14.4 Å². The highest BCUT2D eigenvalue weighted by molar-refractivity contribution is 8.00. The van der Waals surface area contributed by atoms with Crippen LogP contribution in [-0.2, 0) is 9.59 Å². The summed E-state index contributed by atoms with van der Waals surface area (Å²) in [5.74, 6) is -1.15. The molecule has 0 aromatic heterocycles. The normalized spacial score (nSPS) is 11.7. The van der Waals surface area contributed by atoms with Crippen molar-refractivity contribution >= 4 is 70.1 Å². The van der Waals surface area contributed by atoms with Gasteiger partial charge in [-0.2, -0.15) is 0 Å². The van der Waals surface area contributed by atoms with E-state index < -0.39 is 17.1 Å². The number of hydrogen-bond acceptors (Lipinski definition) is 4. The molecule has 0 aliphatic carbocycles. The summed E-state index contributed by atoms with van der Waals surface area (Å²) in [5.41, 5.74) is 2.96. The molecular formula is C36H27Cl2N3O3S. The molecule has 9 heteroatoms. The van der Waals surface area contributed by atoms with Gasteiger partial charge in [-0.3, -0.25) is 14.4 Å². The van der Waals surface area contributed by atoms with E-state index in [1.54, 1.807) is 60.7 Å². The van der Waals surface area contributed by atoms with E-state index in [2.05, 4.69) is 16.0 Å². The van der Waals surface area contributed by atoms with Gasteiger partial charge in [-0.25, -0.2) is 0 Å². The zero-order valence-corrected chi connectivity index (χ0v) is 26.1. The molecule has 0 heterocycles. The fourth-order valence-corrected chi connectivity index (χ4v) is 5.79. The predicted octanol–water partition coefficient (Wildman–Crippen LogP) is 8.88. The topological polar surface area (TPSA) is 87.3 Å². The van der Waals surface area contributed by atoms with Crippen molar-refractivity contribution < 1.29 is 14.4 Å². The van der Waals surface area contributed by atoms with Gasteiger partial charge in [-0.1, -0.05) is 96.0 Å². The van der Waals surface area contributed by atoms with Crippen LogP contribution in [0.4, 0.5) is 11.4 Å². The Kier molecular flexibility index (Phi) is 10.7. The van der Waals surface area contributed by atoms with Crippen LogP contribution in [0.3, 0.4) is 0 Å². The highest BCUT2D eigenvalue weighted by atomic mass is 35.5. The van der Waals surface area contributed by atoms with E-state index in [4.69, 9.17) is 23.2 Å². The van der Waals surface area contributed by atoms with Crippen molar-refractivity contribution in [1.29, 1.82) is 0 Å². The highest BCUT2D eigenvalue weighted by Gasteiger charge is 2.22. The largest absolute Gasteiger partial charge is 0.325 e. The van der Waals surface area contributed by atoms with Gasteiger partial charge in [0.1, 0.15) is 10.9 Å². The Hall–Kier alpha value is -4.82. The maximum atomic E-state index is 13.5. The molecule has 0 saturated heterocycles. The summed E-state index contributed by atoms with van der Waals surface area (Å²) < 4.78 is 0. The van der Waals surface area contributed by atoms with Gasteiger partial charge in [-0.15, -0.1) is 11.8 Å². The molecule has 3 N–H and O–H groups in total. The molecule has 3 amide bonds. The molecule has 45 heavy (non-hydrogen) atoms. The van der Waals surface area contributed by atoms with Crippen LogP contribution in [0.2, 0.25) is 10.0 Å².